The summed E-state index contributed by atoms with van der Waals surface area (Å²) in [5.74, 6) is 1.32. The Labute approximate surface area is 224 Å². The summed E-state index contributed by atoms with van der Waals surface area (Å²) in [4.78, 5) is 31.1. The molecule has 1 aliphatic carbocycles. The van der Waals surface area contributed by atoms with Crippen LogP contribution in [-0.4, -0.2) is 68.9 Å². The number of benzene rings is 2. The molecule has 3 atom stereocenters. The van der Waals surface area contributed by atoms with E-state index in [1.807, 2.05) is 54.4 Å². The number of ether oxygens (including phenoxy) is 2. The first kappa shape index (κ1) is 26.9. The highest BCUT2D eigenvalue weighted by Crippen LogP contribution is 2.43. The molecule has 0 aromatic heterocycles. The highest BCUT2D eigenvalue weighted by atomic mass is 32.2. The average molecular weight is 524 g/mol. The first-order valence-electron chi connectivity index (χ1n) is 12.9. The summed E-state index contributed by atoms with van der Waals surface area (Å²) in [6.07, 6.45) is 4.36. The number of anilines is 1. The van der Waals surface area contributed by atoms with Crippen molar-refractivity contribution in [1.29, 1.82) is 0 Å². The molecule has 2 amide bonds. The quantitative estimate of drug-likeness (QED) is 0.491. The summed E-state index contributed by atoms with van der Waals surface area (Å²) < 4.78 is 10.7. The zero-order valence-electron chi connectivity index (χ0n) is 22.1. The van der Waals surface area contributed by atoms with Gasteiger partial charge in [0.2, 0.25) is 5.91 Å². The third-order valence-electron chi connectivity index (χ3n) is 7.32. The molecular formula is C29H37N3O4S. The van der Waals surface area contributed by atoms with E-state index >= 15 is 0 Å². The second-order valence-corrected chi connectivity index (χ2v) is 10.8. The van der Waals surface area contributed by atoms with Crippen LogP contribution >= 0.6 is 11.8 Å². The van der Waals surface area contributed by atoms with Gasteiger partial charge in [-0.15, -0.1) is 11.8 Å². The van der Waals surface area contributed by atoms with Crippen LogP contribution in [0.1, 0.15) is 31.7 Å². The minimum atomic E-state index is -0.0692. The normalized spacial score (nSPS) is 22.4. The molecule has 4 rings (SSSR count). The summed E-state index contributed by atoms with van der Waals surface area (Å²) in [7, 11) is 5.07. The number of thioether (sulfide) groups is 1. The van der Waals surface area contributed by atoms with Crippen molar-refractivity contribution >= 4 is 35.3 Å². The van der Waals surface area contributed by atoms with E-state index in [9.17, 15) is 9.59 Å². The van der Waals surface area contributed by atoms with E-state index in [0.717, 1.165) is 42.1 Å². The van der Waals surface area contributed by atoms with Gasteiger partial charge in [-0.1, -0.05) is 24.3 Å². The Kier molecular flexibility index (Phi) is 9.03. The van der Waals surface area contributed by atoms with Crippen molar-refractivity contribution in [3.63, 3.8) is 0 Å². The van der Waals surface area contributed by atoms with Crippen LogP contribution in [0.2, 0.25) is 0 Å². The molecule has 2 aromatic carbocycles. The van der Waals surface area contributed by atoms with Gasteiger partial charge in [0.25, 0.3) is 5.91 Å². The van der Waals surface area contributed by atoms with Crippen LogP contribution in [0.15, 0.2) is 53.4 Å². The zero-order chi connectivity index (χ0) is 26.4. The van der Waals surface area contributed by atoms with E-state index in [1.165, 1.54) is 0 Å². The van der Waals surface area contributed by atoms with Gasteiger partial charge in [-0.2, -0.15) is 0 Å². The van der Waals surface area contributed by atoms with E-state index < -0.39 is 0 Å². The predicted molar refractivity (Wildman–Crippen MR) is 150 cm³/mol. The predicted octanol–water partition coefficient (Wildman–Crippen LogP) is 4.43. The summed E-state index contributed by atoms with van der Waals surface area (Å²) in [5.41, 5.74) is 2.06. The Hall–Kier alpha value is -3.13. The summed E-state index contributed by atoms with van der Waals surface area (Å²) in [6, 6.07) is 16.0. The topological polar surface area (TPSA) is 71.1 Å². The minimum Gasteiger partial charge on any atom is -0.493 e. The Morgan fingerprint density at radius 1 is 1.14 bits per heavy atom. The average Bonchev–Trinajstić information content (AvgIpc) is 2.94. The minimum absolute atomic E-state index is 0.00328. The molecule has 2 aromatic rings. The molecule has 1 N–H and O–H groups in total. The molecule has 1 saturated heterocycles. The summed E-state index contributed by atoms with van der Waals surface area (Å²) >= 11 is 1.64. The molecule has 7 nitrogen and oxygen atoms in total. The van der Waals surface area contributed by atoms with Crippen molar-refractivity contribution in [3.8, 4) is 11.5 Å². The number of rotatable bonds is 9. The van der Waals surface area contributed by atoms with Gasteiger partial charge in [0.1, 0.15) is 0 Å². The van der Waals surface area contributed by atoms with Gasteiger partial charge < -0.3 is 24.6 Å². The zero-order valence-corrected chi connectivity index (χ0v) is 22.9. The largest absolute Gasteiger partial charge is 0.493 e. The monoisotopic (exact) mass is 523 g/mol. The molecule has 2 aliphatic rings. The van der Waals surface area contributed by atoms with Crippen LogP contribution in [0.3, 0.4) is 0 Å². The van der Waals surface area contributed by atoms with Crippen molar-refractivity contribution < 1.29 is 19.1 Å². The molecule has 1 heterocycles. The Bertz CT molecular complexity index is 1120. The molecule has 0 radical (unpaired) electrons. The number of carbonyl (C=O) groups excluding carboxylic acids is 2. The number of amides is 2. The second kappa shape index (κ2) is 12.4. The van der Waals surface area contributed by atoms with Gasteiger partial charge in [0.05, 0.1) is 19.1 Å². The van der Waals surface area contributed by atoms with Crippen molar-refractivity contribution in [2.24, 2.45) is 5.92 Å². The van der Waals surface area contributed by atoms with Crippen LogP contribution in [0, 0.1) is 5.92 Å². The fraction of sp³-hybridized carbons (Fsp3) is 0.448. The maximum atomic E-state index is 13.2. The molecule has 37 heavy (non-hydrogen) atoms. The van der Waals surface area contributed by atoms with Gasteiger partial charge in [-0.3, -0.25) is 9.59 Å². The van der Waals surface area contributed by atoms with Crippen LogP contribution in [0.5, 0.6) is 11.5 Å². The Morgan fingerprint density at radius 3 is 2.59 bits per heavy atom. The SMILES string of the molecule is CCN(CCNC(=O)C1CCC2S/C(=C\c3ccc(OC)c(OC)c3)C(=O)N(C)C2C1)c1ccccc1. The van der Waals surface area contributed by atoms with E-state index in [4.69, 9.17) is 9.47 Å². The van der Waals surface area contributed by atoms with Crippen molar-refractivity contribution in [2.45, 2.75) is 37.5 Å². The fourth-order valence-corrected chi connectivity index (χ4v) is 6.68. The Morgan fingerprint density at radius 2 is 1.89 bits per heavy atom. The maximum absolute atomic E-state index is 13.2. The van der Waals surface area contributed by atoms with Gasteiger partial charge in [-0.05, 0) is 62.1 Å². The van der Waals surface area contributed by atoms with Gasteiger partial charge >= 0.3 is 0 Å². The molecule has 198 valence electrons. The second-order valence-electron chi connectivity index (χ2n) is 9.48. The highest BCUT2D eigenvalue weighted by molar-refractivity contribution is 8.04. The van der Waals surface area contributed by atoms with Crippen LogP contribution in [0.4, 0.5) is 5.69 Å². The smallest absolute Gasteiger partial charge is 0.260 e. The van der Waals surface area contributed by atoms with E-state index in [0.29, 0.717) is 24.5 Å². The molecule has 1 aliphatic heterocycles. The number of carbonyl (C=O) groups is 2. The highest BCUT2D eigenvalue weighted by Gasteiger charge is 2.42. The van der Waals surface area contributed by atoms with Crippen LogP contribution in [-0.2, 0) is 9.59 Å². The molecular weight excluding hydrogens is 486 g/mol. The number of fused-ring (bicyclic) bond motifs is 1. The molecule has 2 fully saturated rings. The third kappa shape index (κ3) is 6.24. The van der Waals surface area contributed by atoms with E-state index in [-0.39, 0.29) is 29.0 Å². The lowest BCUT2D eigenvalue weighted by atomic mass is 9.83. The van der Waals surface area contributed by atoms with Gasteiger partial charge in [0.15, 0.2) is 11.5 Å². The lowest BCUT2D eigenvalue weighted by molar-refractivity contribution is -0.131. The number of methoxy groups -OCH3 is 2. The van der Waals surface area contributed by atoms with Crippen LogP contribution < -0.4 is 19.7 Å². The lowest BCUT2D eigenvalue weighted by Crippen LogP contribution is -2.52. The first-order chi connectivity index (χ1) is 17.9. The standard InChI is InChI=1S/C29H37N3O4S/c1-5-32(22-9-7-6-8-10-22)16-15-30-28(33)21-12-14-26-23(19-21)31(2)29(34)27(37-26)18-20-11-13-24(35-3)25(17-20)36-4/h6-11,13,17-18,21,23,26H,5,12,14-16,19H2,1-4H3,(H,30,33)/b27-18-. The molecule has 3 unspecified atom stereocenters. The summed E-state index contributed by atoms with van der Waals surface area (Å²) in [5, 5.41) is 3.43. The summed E-state index contributed by atoms with van der Waals surface area (Å²) in [6.45, 7) is 4.38. The number of likely N-dealkylation sites (N-methyl/N-ethyl adjacent to an activating group) is 2. The van der Waals surface area contributed by atoms with Gasteiger partial charge in [-0.25, -0.2) is 0 Å². The van der Waals surface area contributed by atoms with E-state index in [2.05, 4.69) is 29.3 Å². The molecule has 8 heteroatoms. The third-order valence-corrected chi connectivity index (χ3v) is 8.72. The number of nitrogens with one attached hydrogen (secondary N) is 1. The first-order valence-corrected chi connectivity index (χ1v) is 13.8. The van der Waals surface area contributed by atoms with Crippen molar-refractivity contribution in [3.05, 3.63) is 59.0 Å². The maximum Gasteiger partial charge on any atom is 0.260 e. The lowest BCUT2D eigenvalue weighted by Gasteiger charge is -2.44. The van der Waals surface area contributed by atoms with E-state index in [1.54, 1.807) is 26.0 Å². The van der Waals surface area contributed by atoms with Crippen molar-refractivity contribution in [2.75, 3.05) is 45.8 Å². The fourth-order valence-electron chi connectivity index (χ4n) is 5.20. The molecule has 1 saturated carbocycles. The molecule has 0 bridgehead atoms. The number of nitrogens with zero attached hydrogens (tertiary/aromatic N) is 2. The molecule has 0 spiro atoms. The number of hydrogen-bond donors (Lipinski definition) is 1. The van der Waals surface area contributed by atoms with Gasteiger partial charge in [0, 0.05) is 49.6 Å². The van der Waals surface area contributed by atoms with Crippen molar-refractivity contribution in [1.82, 2.24) is 10.2 Å². The number of hydrogen-bond acceptors (Lipinski definition) is 6. The van der Waals surface area contributed by atoms with Crippen LogP contribution in [0.25, 0.3) is 6.08 Å². The Balaban J connectivity index is 1.34. The number of para-hydroxylation sites is 1.